The van der Waals surface area contributed by atoms with E-state index in [2.05, 4.69) is 21.2 Å². The Hall–Kier alpha value is -3.14. The van der Waals surface area contributed by atoms with Crippen molar-refractivity contribution in [2.75, 3.05) is 25.0 Å². The van der Waals surface area contributed by atoms with E-state index in [1.807, 2.05) is 6.07 Å². The number of thiophene rings is 1. The summed E-state index contributed by atoms with van der Waals surface area (Å²) in [5.41, 5.74) is 0.533. The quantitative estimate of drug-likeness (QED) is 0.247. The molecule has 1 aliphatic heterocycles. The van der Waals surface area contributed by atoms with Gasteiger partial charge in [0.25, 0.3) is 0 Å². The number of hydrogen-bond acceptors (Lipinski definition) is 7. The molecule has 2 aromatic carbocycles. The number of halogens is 4. The van der Waals surface area contributed by atoms with E-state index < -0.39 is 46.1 Å². The van der Waals surface area contributed by atoms with Crippen LogP contribution in [0.2, 0.25) is 0 Å². The van der Waals surface area contributed by atoms with E-state index in [4.69, 9.17) is 9.84 Å². The second-order valence-electron chi connectivity index (χ2n) is 9.24. The SMILES string of the molecule is O=C(O)COc1c(C(=O)O)sc(-c2cccc(NC3CCN(S(=O)(=O)Cc4cccc(C(F)(F)F)c4)CC3)c2)c1Br. The minimum absolute atomic E-state index is 0.0687. The number of carboxylic acids is 2. The van der Waals surface area contributed by atoms with Gasteiger partial charge in [0.05, 0.1) is 20.7 Å². The molecule has 0 spiro atoms. The Labute approximate surface area is 245 Å². The summed E-state index contributed by atoms with van der Waals surface area (Å²) in [6.45, 7) is -0.312. The summed E-state index contributed by atoms with van der Waals surface area (Å²) in [7, 11) is -3.82. The summed E-state index contributed by atoms with van der Waals surface area (Å²) in [5.74, 6) is -3.10. The Bertz CT molecular complexity index is 1550. The van der Waals surface area contributed by atoms with Crippen LogP contribution in [-0.2, 0) is 26.7 Å². The maximum Gasteiger partial charge on any atom is 0.416 e. The van der Waals surface area contributed by atoms with E-state index in [0.29, 0.717) is 33.4 Å². The number of aromatic carboxylic acids is 1. The van der Waals surface area contributed by atoms with E-state index in [0.717, 1.165) is 23.5 Å². The average molecular weight is 678 g/mol. The lowest BCUT2D eigenvalue weighted by Crippen LogP contribution is -2.42. The van der Waals surface area contributed by atoms with Gasteiger partial charge in [-0.1, -0.05) is 30.3 Å². The second-order valence-corrected chi connectivity index (χ2v) is 13.0. The number of carbonyl (C=O) groups is 2. The van der Waals surface area contributed by atoms with Crippen LogP contribution < -0.4 is 10.1 Å². The molecular formula is C26H24BrF3N2O7S2. The van der Waals surface area contributed by atoms with Crippen molar-refractivity contribution in [3.05, 3.63) is 69.0 Å². The van der Waals surface area contributed by atoms with Crippen molar-refractivity contribution in [2.45, 2.75) is 30.8 Å². The smallest absolute Gasteiger partial charge is 0.416 e. The Morgan fingerprint density at radius 2 is 1.78 bits per heavy atom. The number of hydrogen-bond donors (Lipinski definition) is 3. The number of ether oxygens (including phenoxy) is 1. The van der Waals surface area contributed by atoms with E-state index in [-0.39, 0.29) is 35.3 Å². The number of piperidine rings is 1. The number of rotatable bonds is 10. The highest BCUT2D eigenvalue weighted by Crippen LogP contribution is 2.46. The monoisotopic (exact) mass is 676 g/mol. The molecule has 220 valence electrons. The highest BCUT2D eigenvalue weighted by Gasteiger charge is 2.32. The van der Waals surface area contributed by atoms with Crippen molar-refractivity contribution in [1.82, 2.24) is 4.31 Å². The molecule has 9 nitrogen and oxygen atoms in total. The van der Waals surface area contributed by atoms with Gasteiger partial charge in [-0.2, -0.15) is 13.2 Å². The third-order valence-corrected chi connectivity index (χ3v) is 10.4. The van der Waals surface area contributed by atoms with Crippen molar-refractivity contribution in [2.24, 2.45) is 0 Å². The number of sulfonamides is 1. The van der Waals surface area contributed by atoms with Gasteiger partial charge in [0.1, 0.15) is 0 Å². The van der Waals surface area contributed by atoms with Gasteiger partial charge in [-0.05, 0) is 58.1 Å². The third kappa shape index (κ3) is 7.58. The zero-order valence-electron chi connectivity index (χ0n) is 21.2. The van der Waals surface area contributed by atoms with Crippen molar-refractivity contribution in [3.8, 4) is 16.2 Å². The first-order valence-electron chi connectivity index (χ1n) is 12.2. The molecule has 0 aliphatic carbocycles. The van der Waals surface area contributed by atoms with Gasteiger partial charge >= 0.3 is 18.1 Å². The third-order valence-electron chi connectivity index (χ3n) is 6.29. The zero-order chi connectivity index (χ0) is 29.9. The summed E-state index contributed by atoms with van der Waals surface area (Å²) < 4.78 is 71.7. The zero-order valence-corrected chi connectivity index (χ0v) is 24.4. The van der Waals surface area contributed by atoms with Crippen molar-refractivity contribution >= 4 is 54.9 Å². The minimum Gasteiger partial charge on any atom is -0.479 e. The van der Waals surface area contributed by atoms with Crippen molar-refractivity contribution in [3.63, 3.8) is 0 Å². The van der Waals surface area contributed by atoms with Crippen molar-refractivity contribution in [1.29, 1.82) is 0 Å². The molecule has 3 N–H and O–H groups in total. The molecule has 4 rings (SSSR count). The lowest BCUT2D eigenvalue weighted by Gasteiger charge is -2.32. The Balaban J connectivity index is 1.42. The molecule has 1 aliphatic rings. The largest absolute Gasteiger partial charge is 0.479 e. The second kappa shape index (κ2) is 12.4. The first-order valence-corrected chi connectivity index (χ1v) is 15.4. The topological polar surface area (TPSA) is 133 Å². The molecule has 3 aromatic rings. The molecule has 1 fully saturated rings. The van der Waals surface area contributed by atoms with Crippen LogP contribution in [0.5, 0.6) is 5.75 Å². The molecular weight excluding hydrogens is 653 g/mol. The number of alkyl halides is 3. The van der Waals surface area contributed by atoms with Gasteiger partial charge < -0.3 is 20.3 Å². The maximum atomic E-state index is 13.0. The predicted molar refractivity (Wildman–Crippen MR) is 150 cm³/mol. The highest BCUT2D eigenvalue weighted by molar-refractivity contribution is 9.10. The van der Waals surface area contributed by atoms with Crippen LogP contribution in [0, 0.1) is 0 Å². The van der Waals surface area contributed by atoms with Crippen molar-refractivity contribution < 1.29 is 46.1 Å². The lowest BCUT2D eigenvalue weighted by atomic mass is 10.1. The molecule has 0 radical (unpaired) electrons. The molecule has 0 atom stereocenters. The van der Waals surface area contributed by atoms with Gasteiger partial charge in [-0.15, -0.1) is 11.3 Å². The van der Waals surface area contributed by atoms with E-state index in [1.54, 1.807) is 18.2 Å². The van der Waals surface area contributed by atoms with Crippen LogP contribution in [0.3, 0.4) is 0 Å². The molecule has 2 heterocycles. The highest BCUT2D eigenvalue weighted by atomic mass is 79.9. The first-order chi connectivity index (χ1) is 19.2. The number of nitrogens with one attached hydrogen (secondary N) is 1. The standard InChI is InChI=1S/C26H24BrF3N2O7S2/c27-21-22(39-13-20(33)34)24(25(35)36)40-23(21)16-4-2-6-19(12-16)31-18-7-9-32(10-8-18)41(37,38)14-15-3-1-5-17(11-15)26(28,29)30/h1-6,11-12,18,31H,7-10,13-14H2,(H,33,34)(H,35,36). The summed E-state index contributed by atoms with van der Waals surface area (Å²) in [5, 5.41) is 21.8. The summed E-state index contributed by atoms with van der Waals surface area (Å²) in [6, 6.07) is 11.3. The number of carboxylic acid groups (broad SMARTS) is 2. The molecule has 0 saturated carbocycles. The van der Waals surface area contributed by atoms with Crippen LogP contribution in [0.25, 0.3) is 10.4 Å². The van der Waals surface area contributed by atoms with Gasteiger partial charge in [0.15, 0.2) is 17.2 Å². The number of benzene rings is 2. The Morgan fingerprint density at radius 3 is 2.41 bits per heavy atom. The van der Waals surface area contributed by atoms with E-state index in [9.17, 15) is 36.3 Å². The summed E-state index contributed by atoms with van der Waals surface area (Å²) in [6.07, 6.45) is -3.63. The average Bonchev–Trinajstić information content (AvgIpc) is 3.23. The number of nitrogens with zero attached hydrogens (tertiary/aromatic N) is 1. The van der Waals surface area contributed by atoms with Crippen LogP contribution in [-0.4, -0.2) is 60.6 Å². The number of anilines is 1. The van der Waals surface area contributed by atoms with Gasteiger partial charge in [-0.25, -0.2) is 22.3 Å². The molecule has 1 aromatic heterocycles. The molecule has 15 heteroatoms. The Kier molecular flexibility index (Phi) is 9.31. The maximum absolute atomic E-state index is 13.0. The molecule has 0 bridgehead atoms. The fraction of sp³-hybridized carbons (Fsp3) is 0.308. The van der Waals surface area contributed by atoms with Gasteiger partial charge in [-0.3, -0.25) is 0 Å². The van der Waals surface area contributed by atoms with Gasteiger partial charge in [0.2, 0.25) is 10.0 Å². The van der Waals surface area contributed by atoms with Gasteiger partial charge in [0, 0.05) is 24.8 Å². The van der Waals surface area contributed by atoms with Crippen LogP contribution in [0.1, 0.15) is 33.6 Å². The fourth-order valence-electron chi connectivity index (χ4n) is 4.39. The van der Waals surface area contributed by atoms with Crippen LogP contribution in [0.4, 0.5) is 18.9 Å². The van der Waals surface area contributed by atoms with Crippen LogP contribution >= 0.6 is 27.3 Å². The van der Waals surface area contributed by atoms with Crippen LogP contribution in [0.15, 0.2) is 53.0 Å². The normalized spacial score (nSPS) is 15.0. The Morgan fingerprint density at radius 1 is 1.10 bits per heavy atom. The molecule has 1 saturated heterocycles. The molecule has 0 amide bonds. The van der Waals surface area contributed by atoms with E-state index >= 15 is 0 Å². The summed E-state index contributed by atoms with van der Waals surface area (Å²) in [4.78, 5) is 23.0. The number of aliphatic carboxylic acids is 1. The fourth-order valence-corrected chi connectivity index (χ4v) is 7.83. The molecule has 41 heavy (non-hydrogen) atoms. The lowest BCUT2D eigenvalue weighted by molar-refractivity contribution is -0.139. The predicted octanol–water partition coefficient (Wildman–Crippen LogP) is 5.76. The molecule has 0 unspecified atom stereocenters. The first kappa shape index (κ1) is 30.8. The summed E-state index contributed by atoms with van der Waals surface area (Å²) >= 11 is 4.27. The van der Waals surface area contributed by atoms with E-state index in [1.165, 1.54) is 16.4 Å². The minimum atomic E-state index is -4.56.